The summed E-state index contributed by atoms with van der Waals surface area (Å²) in [6.07, 6.45) is 12.9. The van der Waals surface area contributed by atoms with Crippen molar-refractivity contribution in [3.63, 3.8) is 0 Å². The van der Waals surface area contributed by atoms with Gasteiger partial charge in [-0.05, 0) is 12.0 Å². The fourth-order valence-corrected chi connectivity index (χ4v) is 2.70. The molecular weight excluding hydrogens is 350 g/mol. The first-order valence-electron chi connectivity index (χ1n) is 9.31. The van der Waals surface area contributed by atoms with Crippen LogP contribution in [-0.4, -0.2) is 6.54 Å². The molecule has 0 aliphatic heterocycles. The van der Waals surface area contributed by atoms with Gasteiger partial charge in [0.15, 0.2) is 0 Å². The molecule has 2 aromatic carbocycles. The van der Waals surface area contributed by atoms with Crippen molar-refractivity contribution in [2.75, 3.05) is 6.54 Å². The Morgan fingerprint density at radius 2 is 1.16 bits per heavy atom. The number of nitrogens with zero attached hydrogens (tertiary/aromatic N) is 3. The van der Waals surface area contributed by atoms with Crippen LogP contribution in [-0.2, 0) is 23.5 Å². The second-order valence-corrected chi connectivity index (χ2v) is 6.14. The minimum absolute atomic E-state index is 0. The number of hydrogen-bond donors (Lipinski definition) is 0. The van der Waals surface area contributed by atoms with Crippen molar-refractivity contribution in [2.24, 2.45) is 5.11 Å². The summed E-state index contributed by atoms with van der Waals surface area (Å²) in [5.74, 6) is 0. The molecule has 0 spiro atoms. The predicted molar refractivity (Wildman–Crippen MR) is 103 cm³/mol. The molecule has 25 heavy (non-hydrogen) atoms. The number of aryl methyl sites for hydroxylation is 1. The molecule has 3 nitrogen and oxygen atoms in total. The summed E-state index contributed by atoms with van der Waals surface area (Å²) in [5.41, 5.74) is 9.61. The van der Waals surface area contributed by atoms with Crippen molar-refractivity contribution in [3.05, 3.63) is 70.6 Å². The van der Waals surface area contributed by atoms with Crippen LogP contribution in [0.3, 0.4) is 0 Å². The number of hydrogen-bond acceptors (Lipinski definition) is 1. The van der Waals surface area contributed by atoms with Gasteiger partial charge in [0.2, 0.25) is 0 Å². The molecule has 0 N–H and O–H groups in total. The van der Waals surface area contributed by atoms with E-state index in [0.29, 0.717) is 6.54 Å². The molecule has 0 aliphatic rings. The van der Waals surface area contributed by atoms with Crippen LogP contribution in [0.4, 0.5) is 0 Å². The van der Waals surface area contributed by atoms with Crippen LogP contribution in [0.2, 0.25) is 0 Å². The number of unbranched alkanes of at least 4 members (excludes halogenated alkanes) is 8. The summed E-state index contributed by atoms with van der Waals surface area (Å²) in [6, 6.07) is 18.7. The van der Waals surface area contributed by atoms with E-state index in [1.807, 2.05) is 30.3 Å². The van der Waals surface area contributed by atoms with Crippen LogP contribution < -0.4 is 0 Å². The van der Waals surface area contributed by atoms with E-state index in [9.17, 15) is 0 Å². The summed E-state index contributed by atoms with van der Waals surface area (Å²) >= 11 is 0. The van der Waals surface area contributed by atoms with Crippen molar-refractivity contribution in [1.29, 1.82) is 0 Å². The first-order chi connectivity index (χ1) is 11.9. The van der Waals surface area contributed by atoms with Gasteiger partial charge >= 0.3 is 0 Å². The zero-order chi connectivity index (χ0) is 17.1. The summed E-state index contributed by atoms with van der Waals surface area (Å²) in [7, 11) is 0. The molecule has 2 rings (SSSR count). The van der Waals surface area contributed by atoms with Gasteiger partial charge < -0.3 is 30.3 Å². The van der Waals surface area contributed by atoms with Crippen LogP contribution in [0.25, 0.3) is 10.4 Å². The molecule has 144 valence electrons. The van der Waals surface area contributed by atoms with Gasteiger partial charge in [0.25, 0.3) is 0 Å². The third-order valence-corrected chi connectivity index (χ3v) is 4.07. The average Bonchev–Trinajstić information content (AvgIpc) is 3.32. The van der Waals surface area contributed by atoms with E-state index in [4.69, 9.17) is 5.53 Å². The number of azide groups is 1. The Bertz CT molecular complexity index is 482. The van der Waals surface area contributed by atoms with Gasteiger partial charge in [-0.25, -0.2) is 12.1 Å². The number of rotatable bonds is 12. The largest absolute Gasteiger partial charge is 0.748 e. The minimum atomic E-state index is 0. The zero-order valence-corrected chi connectivity index (χ0v) is 16.3. The maximum Gasteiger partial charge on any atom is 0.0257 e. The normalized spacial score (nSPS) is 9.44. The van der Waals surface area contributed by atoms with Crippen molar-refractivity contribution in [2.45, 2.75) is 64.2 Å². The molecule has 4 heteroatoms. The van der Waals surface area contributed by atoms with Crippen molar-refractivity contribution in [3.8, 4) is 0 Å². The van der Waals surface area contributed by atoms with Gasteiger partial charge in [-0.1, -0.05) is 62.9 Å². The fourth-order valence-electron chi connectivity index (χ4n) is 2.70. The molecule has 0 amide bonds. The van der Waals surface area contributed by atoms with Gasteiger partial charge in [0.05, 0.1) is 0 Å². The summed E-state index contributed by atoms with van der Waals surface area (Å²) < 4.78 is 0. The van der Waals surface area contributed by atoms with Crippen LogP contribution >= 0.6 is 0 Å². The topological polar surface area (TPSA) is 48.8 Å². The molecule has 0 fully saturated rings. The van der Waals surface area contributed by atoms with Gasteiger partial charge in [-0.15, -0.1) is 0 Å². The van der Waals surface area contributed by atoms with E-state index in [-0.39, 0.29) is 17.1 Å². The maximum absolute atomic E-state index is 8.13. The van der Waals surface area contributed by atoms with E-state index in [0.717, 1.165) is 6.42 Å². The maximum atomic E-state index is 8.13. The molecule has 0 heterocycles. The molecule has 0 radical (unpaired) electrons. The smallest absolute Gasteiger partial charge is 0.0257 e. The Kier molecular flexibility index (Phi) is 17.8. The third kappa shape index (κ3) is 15.8. The Morgan fingerprint density at radius 3 is 1.64 bits per heavy atom. The summed E-state index contributed by atoms with van der Waals surface area (Å²) in [4.78, 5) is 2.75. The Balaban J connectivity index is 0.000000820. The second kappa shape index (κ2) is 18.9. The first kappa shape index (κ1) is 23.5. The molecule has 0 saturated carbocycles. The monoisotopic (exact) mass is 381 g/mol. The van der Waals surface area contributed by atoms with E-state index < -0.39 is 0 Å². The van der Waals surface area contributed by atoms with Crippen molar-refractivity contribution < 1.29 is 17.1 Å². The van der Waals surface area contributed by atoms with Gasteiger partial charge in [-0.3, -0.25) is 0 Å². The van der Waals surface area contributed by atoms with Crippen LogP contribution in [0.15, 0.2) is 59.7 Å². The van der Waals surface area contributed by atoms with Gasteiger partial charge in [-0.2, -0.15) is 17.7 Å². The minimum Gasteiger partial charge on any atom is -0.748 e. The fraction of sp³-hybridized carbons (Fsp3) is 0.524. The Hall–Kier alpha value is -1.47. The van der Waals surface area contributed by atoms with Crippen LogP contribution in [0.5, 0.6) is 0 Å². The van der Waals surface area contributed by atoms with Gasteiger partial charge in [0.1, 0.15) is 0 Å². The molecule has 0 saturated heterocycles. The molecule has 0 atom stereocenters. The standard InChI is InChI=1S/C16H26N3.C5H5.Fe/c17-19-18-15-11-7-5-3-1-2-4-6-8-12-16-13-9-10-14-16;1-2-4-5-3-1;/h9-10,13-14H,1-8,11-12,15H2;1-5H;/q-1;-5;. The molecule has 0 aliphatic carbocycles. The summed E-state index contributed by atoms with van der Waals surface area (Å²) in [5, 5.41) is 3.54. The van der Waals surface area contributed by atoms with E-state index >= 15 is 0 Å². The van der Waals surface area contributed by atoms with Crippen LogP contribution in [0.1, 0.15) is 63.4 Å². The van der Waals surface area contributed by atoms with E-state index in [1.54, 1.807) is 0 Å². The molecule has 2 aromatic rings. The molecular formula is C21H31FeN3-6. The van der Waals surface area contributed by atoms with E-state index in [1.165, 1.54) is 63.4 Å². The SMILES string of the molecule is [Fe].[N-]=[N+]=NCCCCCCCCCCC[c-]1cccc1.[cH-]1[cH-][cH-][cH-][cH-]1. The third-order valence-electron chi connectivity index (χ3n) is 4.07. The van der Waals surface area contributed by atoms with Gasteiger partial charge in [0, 0.05) is 28.5 Å². The van der Waals surface area contributed by atoms with Crippen LogP contribution in [0, 0.1) is 0 Å². The predicted octanol–water partition coefficient (Wildman–Crippen LogP) is 7.17. The zero-order valence-electron chi connectivity index (χ0n) is 15.2. The molecule has 0 bridgehead atoms. The van der Waals surface area contributed by atoms with Crippen molar-refractivity contribution in [1.82, 2.24) is 0 Å². The molecule has 0 aromatic heterocycles. The average molecular weight is 381 g/mol. The molecule has 0 unspecified atom stereocenters. The quantitative estimate of drug-likeness (QED) is 0.0934. The Labute approximate surface area is 163 Å². The summed E-state index contributed by atoms with van der Waals surface area (Å²) in [6.45, 7) is 0.665. The van der Waals surface area contributed by atoms with E-state index in [2.05, 4.69) is 34.3 Å². The van der Waals surface area contributed by atoms with Crippen molar-refractivity contribution >= 4 is 0 Å². The first-order valence-corrected chi connectivity index (χ1v) is 9.31. The Morgan fingerprint density at radius 1 is 0.720 bits per heavy atom. The second-order valence-electron chi connectivity index (χ2n) is 6.14.